The third-order valence-corrected chi connectivity index (χ3v) is 9.21. The van der Waals surface area contributed by atoms with E-state index in [1.807, 2.05) is 24.3 Å². The van der Waals surface area contributed by atoms with Crippen LogP contribution in [0, 0.1) is 0 Å². The van der Waals surface area contributed by atoms with Crippen LogP contribution in [-0.4, -0.2) is 28.2 Å². The highest BCUT2D eigenvalue weighted by molar-refractivity contribution is 6.18. The van der Waals surface area contributed by atoms with Crippen LogP contribution in [0.4, 0.5) is 0 Å². The molecular formula is C42H30N4. The lowest BCUT2D eigenvalue weighted by atomic mass is 9.93. The third kappa shape index (κ3) is 4.00. The molecule has 1 aromatic heterocycles. The van der Waals surface area contributed by atoms with Crippen LogP contribution in [0.15, 0.2) is 168 Å². The van der Waals surface area contributed by atoms with Gasteiger partial charge in [-0.3, -0.25) is 4.57 Å². The van der Waals surface area contributed by atoms with Crippen molar-refractivity contribution in [3.63, 3.8) is 0 Å². The van der Waals surface area contributed by atoms with E-state index in [1.165, 1.54) is 38.8 Å². The summed E-state index contributed by atoms with van der Waals surface area (Å²) in [6, 6.07) is 55.9. The van der Waals surface area contributed by atoms with Gasteiger partial charge in [-0.25, -0.2) is 9.98 Å². The maximum atomic E-state index is 5.45. The van der Waals surface area contributed by atoms with Gasteiger partial charge in [-0.2, -0.15) is 0 Å². The summed E-state index contributed by atoms with van der Waals surface area (Å²) in [5.74, 6) is 1.61. The summed E-state index contributed by atoms with van der Waals surface area (Å²) in [4.78, 5) is 12.9. The third-order valence-electron chi connectivity index (χ3n) is 9.21. The molecule has 7 aromatic rings. The van der Waals surface area contributed by atoms with Crippen LogP contribution in [0.25, 0.3) is 55.5 Å². The van der Waals surface area contributed by atoms with E-state index in [0.717, 1.165) is 39.6 Å². The van der Waals surface area contributed by atoms with E-state index >= 15 is 0 Å². The number of nitrogens with zero attached hydrogens (tertiary/aromatic N) is 4. The minimum atomic E-state index is -0.397. The predicted octanol–water partition coefficient (Wildman–Crippen LogP) is 9.92. The van der Waals surface area contributed by atoms with E-state index in [4.69, 9.17) is 9.98 Å². The largest absolute Gasteiger partial charge is 0.320 e. The number of fused-ring (bicyclic) bond motifs is 5. The Hall–Kier alpha value is -6.00. The van der Waals surface area contributed by atoms with E-state index < -0.39 is 6.29 Å². The van der Waals surface area contributed by atoms with E-state index in [9.17, 15) is 0 Å². The fourth-order valence-corrected chi connectivity index (χ4v) is 7.18. The van der Waals surface area contributed by atoms with Gasteiger partial charge in [-0.05, 0) is 39.4 Å². The Morgan fingerprint density at radius 3 is 1.63 bits per heavy atom. The Bertz CT molecular complexity index is 2320. The molecule has 2 heterocycles. The maximum Gasteiger partial charge on any atom is 0.206 e. The topological polar surface area (TPSA) is 32.9 Å². The molecule has 46 heavy (non-hydrogen) atoms. The van der Waals surface area contributed by atoms with Crippen molar-refractivity contribution < 1.29 is 0 Å². The molecule has 0 spiro atoms. The van der Waals surface area contributed by atoms with E-state index in [-0.39, 0.29) is 0 Å². The first-order valence-corrected chi connectivity index (χ1v) is 15.7. The van der Waals surface area contributed by atoms with Crippen molar-refractivity contribution in [3.8, 4) is 44.6 Å². The van der Waals surface area contributed by atoms with Crippen LogP contribution >= 0.6 is 0 Å². The van der Waals surface area contributed by atoms with Gasteiger partial charge < -0.3 is 4.90 Å². The molecule has 6 aromatic carbocycles. The molecule has 0 radical (unpaired) electrons. The van der Waals surface area contributed by atoms with Crippen LogP contribution in [-0.2, 0) is 0 Å². The van der Waals surface area contributed by atoms with Crippen LogP contribution in [0.2, 0.25) is 0 Å². The van der Waals surface area contributed by atoms with Gasteiger partial charge in [0.2, 0.25) is 6.29 Å². The Kier molecular flexibility index (Phi) is 6.07. The zero-order valence-corrected chi connectivity index (χ0v) is 25.4. The first kappa shape index (κ1) is 26.4. The van der Waals surface area contributed by atoms with Crippen molar-refractivity contribution in [2.45, 2.75) is 6.29 Å². The quantitative estimate of drug-likeness (QED) is 0.201. The van der Waals surface area contributed by atoms with Gasteiger partial charge in [0.15, 0.2) is 5.84 Å². The van der Waals surface area contributed by atoms with E-state index in [0.29, 0.717) is 0 Å². The normalized spacial score (nSPS) is 15.1. The number of aliphatic imine (C=N–C) groups is 2. The summed E-state index contributed by atoms with van der Waals surface area (Å²) >= 11 is 0. The van der Waals surface area contributed by atoms with Crippen molar-refractivity contribution in [1.82, 2.24) is 9.47 Å². The molecule has 1 atom stereocenters. The Morgan fingerprint density at radius 2 is 0.978 bits per heavy atom. The Morgan fingerprint density at radius 1 is 0.478 bits per heavy atom. The first-order valence-electron chi connectivity index (χ1n) is 15.7. The highest BCUT2D eigenvalue weighted by Gasteiger charge is 2.34. The second-order valence-corrected chi connectivity index (χ2v) is 11.8. The molecule has 0 bridgehead atoms. The molecule has 218 valence electrons. The molecule has 2 aliphatic rings. The number of hydrogen-bond donors (Lipinski definition) is 0. The van der Waals surface area contributed by atoms with Crippen molar-refractivity contribution in [3.05, 3.63) is 169 Å². The molecule has 0 amide bonds. The van der Waals surface area contributed by atoms with Gasteiger partial charge in [-0.15, -0.1) is 0 Å². The molecule has 0 saturated carbocycles. The second kappa shape index (κ2) is 10.6. The molecule has 1 aliphatic heterocycles. The zero-order valence-electron chi connectivity index (χ0n) is 25.4. The molecule has 4 nitrogen and oxygen atoms in total. The smallest absolute Gasteiger partial charge is 0.206 e. The number of hydrogen-bond acceptors (Lipinski definition) is 3. The minimum absolute atomic E-state index is 0.397. The van der Waals surface area contributed by atoms with E-state index in [1.54, 1.807) is 0 Å². The lowest BCUT2D eigenvalue weighted by molar-refractivity contribution is 0.293. The summed E-state index contributed by atoms with van der Waals surface area (Å²) in [6.07, 6.45) is -0.397. The predicted molar refractivity (Wildman–Crippen MR) is 190 cm³/mol. The molecule has 1 unspecified atom stereocenters. The van der Waals surface area contributed by atoms with Gasteiger partial charge in [-0.1, -0.05) is 152 Å². The molecule has 1 aliphatic carbocycles. The van der Waals surface area contributed by atoms with Gasteiger partial charge in [0.05, 0.1) is 11.2 Å². The number of amidine groups is 2. The van der Waals surface area contributed by atoms with Gasteiger partial charge in [0.25, 0.3) is 0 Å². The van der Waals surface area contributed by atoms with Crippen LogP contribution < -0.4 is 0 Å². The summed E-state index contributed by atoms with van der Waals surface area (Å²) < 4.78 is 2.44. The van der Waals surface area contributed by atoms with Crippen LogP contribution in [0.5, 0.6) is 0 Å². The second-order valence-electron chi connectivity index (χ2n) is 11.8. The fourth-order valence-electron chi connectivity index (χ4n) is 7.18. The Balaban J connectivity index is 1.42. The maximum absolute atomic E-state index is 5.45. The summed E-state index contributed by atoms with van der Waals surface area (Å²) in [7, 11) is 2.11. The molecule has 4 heteroatoms. The lowest BCUT2D eigenvalue weighted by Gasteiger charge is -2.34. The standard InChI is InChI=1S/C42H30N4/c1-45-41(30-20-9-4-10-21-30)43-40(29-18-7-3-8-19-29)44-42(45)46-36-27-15-26-34-32-23-12-11-22-31(32)33-24-13-14-25-35(33)38(37(34)36)39(46)28-16-5-2-6-17-28/h2-27,42H,1H3. The molecule has 0 fully saturated rings. The highest BCUT2D eigenvalue weighted by Crippen LogP contribution is 2.53. The average Bonchev–Trinajstić information content (AvgIpc) is 3.42. The van der Waals surface area contributed by atoms with Gasteiger partial charge in [0, 0.05) is 29.1 Å². The summed E-state index contributed by atoms with van der Waals surface area (Å²) in [5.41, 5.74) is 12.9. The van der Waals surface area contributed by atoms with Crippen molar-refractivity contribution >= 4 is 22.6 Å². The number of aromatic nitrogens is 1. The molecule has 0 N–H and O–H groups in total. The zero-order chi connectivity index (χ0) is 30.6. The fraction of sp³-hybridized carbons (Fsp3) is 0.0476. The molecular weight excluding hydrogens is 560 g/mol. The van der Waals surface area contributed by atoms with Crippen LogP contribution in [0.3, 0.4) is 0 Å². The van der Waals surface area contributed by atoms with Crippen LogP contribution in [0.1, 0.15) is 17.4 Å². The van der Waals surface area contributed by atoms with Crippen molar-refractivity contribution in [1.29, 1.82) is 0 Å². The highest BCUT2D eigenvalue weighted by atomic mass is 15.4. The average molecular weight is 591 g/mol. The first-order chi connectivity index (χ1) is 22.8. The van der Waals surface area contributed by atoms with Crippen molar-refractivity contribution in [2.75, 3.05) is 7.05 Å². The number of benzene rings is 6. The summed E-state index contributed by atoms with van der Waals surface area (Å²) in [6.45, 7) is 0. The van der Waals surface area contributed by atoms with Gasteiger partial charge >= 0.3 is 0 Å². The van der Waals surface area contributed by atoms with Crippen molar-refractivity contribution in [2.24, 2.45) is 9.98 Å². The molecule has 0 saturated heterocycles. The van der Waals surface area contributed by atoms with E-state index in [2.05, 4.69) is 150 Å². The summed E-state index contributed by atoms with van der Waals surface area (Å²) in [5, 5.41) is 1.24. The van der Waals surface area contributed by atoms with Gasteiger partial charge in [0.1, 0.15) is 5.84 Å². The molecule has 9 rings (SSSR count). The minimum Gasteiger partial charge on any atom is -0.320 e. The number of rotatable bonds is 4. The Labute approximate surface area is 268 Å². The monoisotopic (exact) mass is 590 g/mol. The SMILES string of the molecule is CN1C(c2ccccc2)=NC(c2ccccc2)=NC1n1c(-c2ccccc2)c2c3c(cccc31)-c1ccccc1-c1ccccc1-2. The lowest BCUT2D eigenvalue weighted by Crippen LogP contribution is -2.38.